The summed E-state index contributed by atoms with van der Waals surface area (Å²) < 4.78 is 10.5. The molecule has 0 aliphatic heterocycles. The molecule has 0 aliphatic carbocycles. The molecule has 0 bridgehead atoms. The highest BCUT2D eigenvalue weighted by Crippen LogP contribution is 2.24. The highest BCUT2D eigenvalue weighted by atomic mass is 16.5. The van der Waals surface area contributed by atoms with E-state index in [2.05, 4.69) is 10.6 Å². The first-order valence-corrected chi connectivity index (χ1v) is 6.89. The van der Waals surface area contributed by atoms with Gasteiger partial charge in [0.1, 0.15) is 11.5 Å². The third-order valence-electron chi connectivity index (χ3n) is 2.91. The lowest BCUT2D eigenvalue weighted by Gasteiger charge is -2.11. The molecule has 5 nitrogen and oxygen atoms in total. The Morgan fingerprint density at radius 2 is 2.00 bits per heavy atom. The Kier molecular flexibility index (Phi) is 7.50. The second kappa shape index (κ2) is 9.20. The third-order valence-corrected chi connectivity index (χ3v) is 2.91. The van der Waals surface area contributed by atoms with Crippen LogP contribution in [0.5, 0.6) is 11.5 Å². The van der Waals surface area contributed by atoms with E-state index in [1.54, 1.807) is 14.2 Å². The van der Waals surface area contributed by atoms with Crippen molar-refractivity contribution in [2.75, 3.05) is 27.3 Å². The number of amides is 1. The fourth-order valence-corrected chi connectivity index (χ4v) is 1.78. The van der Waals surface area contributed by atoms with Gasteiger partial charge in [-0.1, -0.05) is 13.0 Å². The summed E-state index contributed by atoms with van der Waals surface area (Å²) in [6.45, 7) is 4.08. The van der Waals surface area contributed by atoms with Crippen molar-refractivity contribution < 1.29 is 14.3 Å². The van der Waals surface area contributed by atoms with Crippen molar-refractivity contribution in [3.8, 4) is 11.5 Å². The van der Waals surface area contributed by atoms with Crippen LogP contribution in [0.3, 0.4) is 0 Å². The number of carbonyl (C=O) groups is 1. The van der Waals surface area contributed by atoms with Crippen LogP contribution in [0.2, 0.25) is 0 Å². The average molecular weight is 280 g/mol. The fraction of sp³-hybridized carbons (Fsp3) is 0.533. The van der Waals surface area contributed by atoms with E-state index in [9.17, 15) is 4.79 Å². The number of carbonyl (C=O) groups excluding carboxylic acids is 1. The van der Waals surface area contributed by atoms with Gasteiger partial charge in [-0.2, -0.15) is 0 Å². The molecule has 0 fully saturated rings. The highest BCUT2D eigenvalue weighted by Gasteiger charge is 2.05. The molecule has 20 heavy (non-hydrogen) atoms. The van der Waals surface area contributed by atoms with Crippen LogP contribution in [0.25, 0.3) is 0 Å². The summed E-state index contributed by atoms with van der Waals surface area (Å²) in [4.78, 5) is 11.4. The smallest absolute Gasteiger partial charge is 0.221 e. The van der Waals surface area contributed by atoms with Gasteiger partial charge in [0.15, 0.2) is 0 Å². The predicted octanol–water partition coefficient (Wildman–Crippen LogP) is 1.71. The topological polar surface area (TPSA) is 59.6 Å². The zero-order valence-electron chi connectivity index (χ0n) is 12.5. The van der Waals surface area contributed by atoms with E-state index in [4.69, 9.17) is 9.47 Å². The molecular weight excluding hydrogens is 256 g/mol. The Morgan fingerprint density at radius 3 is 2.65 bits per heavy atom. The molecule has 0 saturated carbocycles. The van der Waals surface area contributed by atoms with E-state index >= 15 is 0 Å². The van der Waals surface area contributed by atoms with Gasteiger partial charge >= 0.3 is 0 Å². The molecule has 1 aromatic carbocycles. The van der Waals surface area contributed by atoms with Crippen LogP contribution < -0.4 is 20.1 Å². The van der Waals surface area contributed by atoms with Gasteiger partial charge in [0.2, 0.25) is 5.91 Å². The first-order valence-electron chi connectivity index (χ1n) is 6.89. The number of rotatable bonds is 9. The van der Waals surface area contributed by atoms with Gasteiger partial charge in [-0.25, -0.2) is 0 Å². The van der Waals surface area contributed by atoms with E-state index in [1.807, 2.05) is 25.1 Å². The van der Waals surface area contributed by atoms with Gasteiger partial charge in [-0.05, 0) is 12.5 Å². The molecule has 0 aromatic heterocycles. The number of ether oxygens (including phenoxy) is 2. The Bertz CT molecular complexity index is 422. The number of methoxy groups -OCH3 is 2. The van der Waals surface area contributed by atoms with Gasteiger partial charge in [0.05, 0.1) is 14.2 Å². The summed E-state index contributed by atoms with van der Waals surface area (Å²) in [5, 5.41) is 6.09. The Balaban J connectivity index is 2.36. The van der Waals surface area contributed by atoms with Crippen LogP contribution in [-0.2, 0) is 11.3 Å². The van der Waals surface area contributed by atoms with Crippen molar-refractivity contribution in [3.63, 3.8) is 0 Å². The lowest BCUT2D eigenvalue weighted by molar-refractivity contribution is -0.120. The van der Waals surface area contributed by atoms with Crippen molar-refractivity contribution >= 4 is 5.91 Å². The summed E-state index contributed by atoms with van der Waals surface area (Å²) in [7, 11) is 3.26. The Labute approximate surface area is 120 Å². The van der Waals surface area contributed by atoms with Crippen molar-refractivity contribution in [2.24, 2.45) is 0 Å². The van der Waals surface area contributed by atoms with E-state index in [0.29, 0.717) is 19.5 Å². The molecule has 1 amide bonds. The van der Waals surface area contributed by atoms with Crippen LogP contribution in [-0.4, -0.2) is 33.2 Å². The lowest BCUT2D eigenvalue weighted by atomic mass is 10.2. The van der Waals surface area contributed by atoms with Crippen LogP contribution in [0.1, 0.15) is 25.3 Å². The summed E-state index contributed by atoms with van der Waals surface area (Å²) in [6.07, 6.45) is 1.45. The molecule has 1 aromatic rings. The molecule has 0 aliphatic rings. The molecule has 0 heterocycles. The number of hydrogen-bond donors (Lipinski definition) is 2. The standard InChI is InChI=1S/C15H24N2O3/c1-4-8-17-15(18)7-9-16-11-12-5-6-13(19-2)10-14(12)20-3/h5-6,10,16H,4,7-9,11H2,1-3H3,(H,17,18). The van der Waals surface area contributed by atoms with Crippen molar-refractivity contribution in [2.45, 2.75) is 26.3 Å². The molecule has 0 saturated heterocycles. The molecule has 0 atom stereocenters. The number of hydrogen-bond acceptors (Lipinski definition) is 4. The zero-order valence-corrected chi connectivity index (χ0v) is 12.5. The minimum absolute atomic E-state index is 0.0843. The maximum atomic E-state index is 11.4. The molecule has 112 valence electrons. The summed E-state index contributed by atoms with van der Waals surface area (Å²) in [6, 6.07) is 5.71. The number of benzene rings is 1. The molecule has 0 unspecified atom stereocenters. The van der Waals surface area contributed by atoms with E-state index < -0.39 is 0 Å². The van der Waals surface area contributed by atoms with Crippen LogP contribution in [0.15, 0.2) is 18.2 Å². The molecule has 5 heteroatoms. The summed E-state index contributed by atoms with van der Waals surface area (Å²) in [5.74, 6) is 1.64. The van der Waals surface area contributed by atoms with Crippen LogP contribution in [0, 0.1) is 0 Å². The normalized spacial score (nSPS) is 10.2. The van der Waals surface area contributed by atoms with Gasteiger partial charge in [-0.3, -0.25) is 4.79 Å². The maximum Gasteiger partial charge on any atom is 0.221 e. The minimum Gasteiger partial charge on any atom is -0.497 e. The minimum atomic E-state index is 0.0843. The first-order chi connectivity index (χ1) is 9.71. The fourth-order valence-electron chi connectivity index (χ4n) is 1.78. The predicted molar refractivity (Wildman–Crippen MR) is 79.2 cm³/mol. The molecule has 0 radical (unpaired) electrons. The van der Waals surface area contributed by atoms with Gasteiger partial charge in [-0.15, -0.1) is 0 Å². The van der Waals surface area contributed by atoms with Crippen molar-refractivity contribution in [1.29, 1.82) is 0 Å². The van der Waals surface area contributed by atoms with Crippen LogP contribution >= 0.6 is 0 Å². The summed E-state index contributed by atoms with van der Waals surface area (Å²) >= 11 is 0. The van der Waals surface area contributed by atoms with Crippen LogP contribution in [0.4, 0.5) is 0 Å². The van der Waals surface area contributed by atoms with E-state index in [0.717, 1.165) is 30.0 Å². The molecule has 1 rings (SSSR count). The first kappa shape index (κ1) is 16.3. The average Bonchev–Trinajstić information content (AvgIpc) is 2.49. The Morgan fingerprint density at radius 1 is 1.20 bits per heavy atom. The van der Waals surface area contributed by atoms with Crippen molar-refractivity contribution in [3.05, 3.63) is 23.8 Å². The molecule has 0 spiro atoms. The number of nitrogens with one attached hydrogen (secondary N) is 2. The Hall–Kier alpha value is -1.75. The maximum absolute atomic E-state index is 11.4. The molecular formula is C15H24N2O3. The van der Waals surface area contributed by atoms with Gasteiger partial charge in [0, 0.05) is 37.7 Å². The highest BCUT2D eigenvalue weighted by molar-refractivity contribution is 5.75. The lowest BCUT2D eigenvalue weighted by Crippen LogP contribution is -2.28. The molecule has 2 N–H and O–H groups in total. The zero-order chi connectivity index (χ0) is 14.8. The largest absolute Gasteiger partial charge is 0.497 e. The third kappa shape index (κ3) is 5.48. The summed E-state index contributed by atoms with van der Waals surface area (Å²) in [5.41, 5.74) is 1.04. The van der Waals surface area contributed by atoms with Gasteiger partial charge < -0.3 is 20.1 Å². The van der Waals surface area contributed by atoms with Crippen molar-refractivity contribution in [1.82, 2.24) is 10.6 Å². The van der Waals surface area contributed by atoms with E-state index in [-0.39, 0.29) is 5.91 Å². The second-order valence-corrected chi connectivity index (χ2v) is 4.45. The van der Waals surface area contributed by atoms with Gasteiger partial charge in [0.25, 0.3) is 0 Å². The SMILES string of the molecule is CCCNC(=O)CCNCc1ccc(OC)cc1OC. The quantitative estimate of drug-likeness (QED) is 0.676. The monoisotopic (exact) mass is 280 g/mol. The second-order valence-electron chi connectivity index (χ2n) is 4.45. The van der Waals surface area contributed by atoms with E-state index in [1.165, 1.54) is 0 Å².